The number of carbonyl (C=O) groups is 3. The summed E-state index contributed by atoms with van der Waals surface area (Å²) < 4.78 is 28.9. The molecule has 0 unspecified atom stereocenters. The van der Waals surface area contributed by atoms with Gasteiger partial charge in [-0.1, -0.05) is 81.8 Å². The minimum atomic E-state index is -4.18. The standard InChI is InChI=1S/C36H45ClN6O8S/c1-22(2)18-40(52(50,51)27-14-15-28(37)29(38)17-27)20-32(44)30(16-25-10-7-6-8-11-25)39-35(46)34(23(3)4)42-21-33(45)41(36(42)47)19-26-12-9-13-31(24(26)5)43(48)49/h6-15,17,22-23,30,32,34,44H,16,18-21,38H2,1-5H3,(H,39,46)/t30-,32-,34-/m0/s1. The van der Waals surface area contributed by atoms with Crippen LogP contribution in [-0.2, 0) is 32.6 Å². The number of nitrogens with zero attached hydrogens (tertiary/aromatic N) is 4. The quantitative estimate of drug-likeness (QED) is 0.0823. The van der Waals surface area contributed by atoms with E-state index in [0.717, 1.165) is 19.7 Å². The van der Waals surface area contributed by atoms with E-state index in [9.17, 15) is 38.0 Å². The molecule has 1 heterocycles. The maximum atomic E-state index is 14.1. The lowest BCUT2D eigenvalue weighted by molar-refractivity contribution is -0.385. The normalized spacial score (nSPS) is 15.4. The van der Waals surface area contributed by atoms with E-state index in [1.165, 1.54) is 37.3 Å². The van der Waals surface area contributed by atoms with Crippen molar-refractivity contribution in [3.8, 4) is 0 Å². The third-order valence-electron chi connectivity index (χ3n) is 8.92. The number of hydrogen-bond acceptors (Lipinski definition) is 9. The lowest BCUT2D eigenvalue weighted by Crippen LogP contribution is -2.57. The van der Waals surface area contributed by atoms with Crippen molar-refractivity contribution in [2.24, 2.45) is 11.8 Å². The van der Waals surface area contributed by atoms with E-state index in [4.69, 9.17) is 17.3 Å². The molecule has 1 aliphatic rings. The van der Waals surface area contributed by atoms with E-state index < -0.39 is 63.4 Å². The van der Waals surface area contributed by atoms with Crippen LogP contribution in [-0.4, -0.2) is 88.2 Å². The molecule has 3 aromatic rings. The van der Waals surface area contributed by atoms with Gasteiger partial charge in [0.25, 0.3) is 11.6 Å². The zero-order valence-corrected chi connectivity index (χ0v) is 31.3. The van der Waals surface area contributed by atoms with Crippen molar-refractivity contribution in [2.75, 3.05) is 25.4 Å². The third-order valence-corrected chi connectivity index (χ3v) is 11.1. The molecule has 3 aromatic carbocycles. The van der Waals surface area contributed by atoms with E-state index in [2.05, 4.69) is 5.32 Å². The van der Waals surface area contributed by atoms with Crippen LogP contribution in [0, 0.1) is 28.9 Å². The second kappa shape index (κ2) is 16.8. The molecular weight excluding hydrogens is 712 g/mol. The van der Waals surface area contributed by atoms with Crippen LogP contribution in [0.4, 0.5) is 16.2 Å². The van der Waals surface area contributed by atoms with Gasteiger partial charge in [0.15, 0.2) is 0 Å². The smallest absolute Gasteiger partial charge is 0.328 e. The van der Waals surface area contributed by atoms with E-state index >= 15 is 0 Å². The van der Waals surface area contributed by atoms with Crippen LogP contribution in [0.3, 0.4) is 0 Å². The van der Waals surface area contributed by atoms with Crippen molar-refractivity contribution >= 4 is 50.8 Å². The molecule has 16 heteroatoms. The van der Waals surface area contributed by atoms with Gasteiger partial charge < -0.3 is 21.1 Å². The maximum Gasteiger partial charge on any atom is 0.328 e. The Morgan fingerprint density at radius 3 is 2.33 bits per heavy atom. The summed E-state index contributed by atoms with van der Waals surface area (Å²) in [5.41, 5.74) is 7.33. The van der Waals surface area contributed by atoms with E-state index in [0.29, 0.717) is 11.1 Å². The molecule has 52 heavy (non-hydrogen) atoms. The topological polar surface area (TPSA) is 196 Å². The van der Waals surface area contributed by atoms with Crippen molar-refractivity contribution < 1.29 is 32.8 Å². The number of nitrogen functional groups attached to an aromatic ring is 1. The Labute approximate surface area is 308 Å². The molecule has 0 saturated carbocycles. The third kappa shape index (κ3) is 9.26. The maximum absolute atomic E-state index is 14.1. The van der Waals surface area contributed by atoms with Crippen LogP contribution in [0.15, 0.2) is 71.6 Å². The number of hydrogen-bond donors (Lipinski definition) is 3. The first kappa shape index (κ1) is 40.2. The number of benzene rings is 3. The number of aliphatic hydroxyl groups is 1. The highest BCUT2D eigenvalue weighted by Gasteiger charge is 2.44. The number of anilines is 1. The number of rotatable bonds is 16. The molecule has 1 saturated heterocycles. The number of nitrogens with two attached hydrogens (primary N) is 1. The lowest BCUT2D eigenvalue weighted by Gasteiger charge is -2.34. The van der Waals surface area contributed by atoms with Gasteiger partial charge in [0.2, 0.25) is 15.9 Å². The molecule has 4 rings (SSSR count). The fraction of sp³-hybridized carbons (Fsp3) is 0.417. The zero-order chi connectivity index (χ0) is 38.5. The van der Waals surface area contributed by atoms with Gasteiger partial charge in [0.05, 0.1) is 39.2 Å². The number of amides is 4. The van der Waals surface area contributed by atoms with Crippen molar-refractivity contribution in [2.45, 2.75) is 70.7 Å². The van der Waals surface area contributed by atoms with Crippen LogP contribution in [0.2, 0.25) is 5.02 Å². The Morgan fingerprint density at radius 1 is 1.06 bits per heavy atom. The highest BCUT2D eigenvalue weighted by Crippen LogP contribution is 2.28. The summed E-state index contributed by atoms with van der Waals surface area (Å²) in [6, 6.07) is 14.5. The summed E-state index contributed by atoms with van der Waals surface area (Å²) in [4.78, 5) is 54.0. The van der Waals surface area contributed by atoms with Crippen molar-refractivity contribution in [3.63, 3.8) is 0 Å². The Morgan fingerprint density at radius 2 is 1.73 bits per heavy atom. The summed E-state index contributed by atoms with van der Waals surface area (Å²) in [5, 5.41) is 26.3. The number of halogens is 1. The fourth-order valence-electron chi connectivity index (χ4n) is 6.21. The molecule has 1 fully saturated rings. The number of nitro groups is 1. The summed E-state index contributed by atoms with van der Waals surface area (Å²) in [6.45, 7) is 7.68. The van der Waals surface area contributed by atoms with Gasteiger partial charge >= 0.3 is 6.03 Å². The summed E-state index contributed by atoms with van der Waals surface area (Å²) in [5.74, 6) is -1.84. The molecule has 0 radical (unpaired) electrons. The van der Waals surface area contributed by atoms with Gasteiger partial charge in [0, 0.05) is 24.7 Å². The minimum absolute atomic E-state index is 0.0484. The Bertz CT molecular complexity index is 1910. The molecule has 1 aliphatic heterocycles. The van der Waals surface area contributed by atoms with Crippen LogP contribution >= 0.6 is 11.6 Å². The predicted molar refractivity (Wildman–Crippen MR) is 197 cm³/mol. The van der Waals surface area contributed by atoms with Crippen LogP contribution < -0.4 is 11.1 Å². The minimum Gasteiger partial charge on any atom is -0.397 e. The Balaban J connectivity index is 1.61. The SMILES string of the molecule is Cc1c(CN2C(=O)CN([C@H](C(=O)N[C@@H](Cc3ccccc3)[C@@H](O)CN(CC(C)C)S(=O)(=O)c3ccc(Cl)c(N)c3)C(C)C)C2=O)cccc1[N+](=O)[O-]. The number of carbonyl (C=O) groups excluding carboxylic acids is 3. The Kier molecular flexibility index (Phi) is 13.0. The lowest BCUT2D eigenvalue weighted by atomic mass is 9.97. The summed E-state index contributed by atoms with van der Waals surface area (Å²) in [6.07, 6.45) is -1.30. The van der Waals surface area contributed by atoms with Gasteiger partial charge in [-0.25, -0.2) is 13.2 Å². The highest BCUT2D eigenvalue weighted by atomic mass is 35.5. The van der Waals surface area contributed by atoms with E-state index in [1.54, 1.807) is 44.2 Å². The monoisotopic (exact) mass is 756 g/mol. The number of nitro benzene ring substituents is 1. The largest absolute Gasteiger partial charge is 0.397 e. The van der Waals surface area contributed by atoms with Crippen molar-refractivity contribution in [3.05, 3.63) is 98.6 Å². The molecule has 4 amide bonds. The molecule has 280 valence electrons. The fourth-order valence-corrected chi connectivity index (χ4v) is 7.99. The number of aliphatic hydroxyl groups excluding tert-OH is 1. The molecule has 0 aliphatic carbocycles. The van der Waals surface area contributed by atoms with Gasteiger partial charge in [-0.2, -0.15) is 4.31 Å². The molecule has 0 bridgehead atoms. The molecule has 0 aromatic heterocycles. The predicted octanol–water partition coefficient (Wildman–Crippen LogP) is 4.36. The molecular formula is C36H45ClN6O8S. The van der Waals surface area contributed by atoms with Gasteiger partial charge in [0.1, 0.15) is 12.6 Å². The summed E-state index contributed by atoms with van der Waals surface area (Å²) in [7, 11) is -4.18. The number of urea groups is 1. The zero-order valence-electron chi connectivity index (χ0n) is 29.7. The second-order valence-corrected chi connectivity index (χ2v) is 16.0. The van der Waals surface area contributed by atoms with Crippen molar-refractivity contribution in [1.82, 2.24) is 19.4 Å². The Hall–Kier alpha value is -4.57. The second-order valence-electron chi connectivity index (χ2n) is 13.7. The number of nitrogens with one attached hydrogen (secondary N) is 1. The molecule has 0 spiro atoms. The average Bonchev–Trinajstić information content (AvgIpc) is 3.34. The summed E-state index contributed by atoms with van der Waals surface area (Å²) >= 11 is 6.04. The average molecular weight is 757 g/mol. The molecule has 4 N–H and O–H groups in total. The highest BCUT2D eigenvalue weighted by molar-refractivity contribution is 7.89. The number of imide groups is 1. The van der Waals surface area contributed by atoms with Crippen LogP contribution in [0.1, 0.15) is 44.4 Å². The van der Waals surface area contributed by atoms with E-state index in [-0.39, 0.29) is 53.3 Å². The first-order valence-corrected chi connectivity index (χ1v) is 18.7. The van der Waals surface area contributed by atoms with Crippen molar-refractivity contribution in [1.29, 1.82) is 0 Å². The van der Waals surface area contributed by atoms with Crippen LogP contribution in [0.5, 0.6) is 0 Å². The van der Waals surface area contributed by atoms with Crippen LogP contribution in [0.25, 0.3) is 0 Å². The van der Waals surface area contributed by atoms with Gasteiger partial charge in [-0.05, 0) is 54.5 Å². The first-order chi connectivity index (χ1) is 24.4. The first-order valence-electron chi connectivity index (χ1n) is 16.8. The molecule has 14 nitrogen and oxygen atoms in total. The van der Waals surface area contributed by atoms with Gasteiger partial charge in [-0.3, -0.25) is 24.6 Å². The number of sulfonamides is 1. The van der Waals surface area contributed by atoms with E-state index in [1.807, 2.05) is 19.9 Å². The van der Waals surface area contributed by atoms with Gasteiger partial charge in [-0.15, -0.1) is 0 Å². The molecule has 3 atom stereocenters.